The molecule has 0 amide bonds. The highest BCUT2D eigenvalue weighted by molar-refractivity contribution is 6.16. The van der Waals surface area contributed by atoms with Gasteiger partial charge in [0.1, 0.15) is 17.7 Å². The first-order valence-electron chi connectivity index (χ1n) is 22.7. The number of hydrogen-bond acceptors (Lipinski definition) is 4. The lowest BCUT2D eigenvalue weighted by molar-refractivity contribution is 0.674. The predicted molar refractivity (Wildman–Crippen MR) is 277 cm³/mol. The second-order valence-electron chi connectivity index (χ2n) is 16.8. The normalized spacial score (nSPS) is 13.5. The first kappa shape index (κ1) is 39.6. The summed E-state index contributed by atoms with van der Waals surface area (Å²) in [6, 6.07) is 87.6. The number of hydrogen-bond donors (Lipinski definition) is 1. The van der Waals surface area contributed by atoms with E-state index in [9.17, 15) is 0 Å². The number of nitrogens with one attached hydrogen (secondary N) is 1. The smallest absolute Gasteiger partial charge is 0.159 e. The number of amidine groups is 2. The molecule has 316 valence electrons. The largest absolute Gasteiger partial charge is 0.344 e. The Morgan fingerprint density at radius 1 is 0.358 bits per heavy atom. The molecule has 9 aromatic carbocycles. The van der Waals surface area contributed by atoms with Gasteiger partial charge in [0.25, 0.3) is 0 Å². The van der Waals surface area contributed by atoms with Crippen LogP contribution in [0.25, 0.3) is 83.3 Å². The van der Waals surface area contributed by atoms with Gasteiger partial charge >= 0.3 is 0 Å². The summed E-state index contributed by atoms with van der Waals surface area (Å²) in [4.78, 5) is 10.6. The third-order valence-corrected chi connectivity index (χ3v) is 12.7. The Hall–Kier alpha value is -8.93. The molecule has 0 saturated carbocycles. The number of pyridine rings is 1. The van der Waals surface area contributed by atoms with Crippen molar-refractivity contribution in [2.75, 3.05) is 0 Å². The van der Waals surface area contributed by atoms with Crippen LogP contribution in [0.4, 0.5) is 0 Å². The molecular formula is C62H43N5. The van der Waals surface area contributed by atoms with Crippen molar-refractivity contribution in [2.24, 2.45) is 9.98 Å². The molecule has 3 heterocycles. The molecule has 0 saturated heterocycles. The van der Waals surface area contributed by atoms with Crippen molar-refractivity contribution in [2.45, 2.75) is 6.17 Å². The zero-order valence-electron chi connectivity index (χ0n) is 36.5. The van der Waals surface area contributed by atoms with Crippen molar-refractivity contribution < 1.29 is 0 Å². The lowest BCUT2D eigenvalue weighted by Gasteiger charge is -2.24. The van der Waals surface area contributed by atoms with Crippen LogP contribution in [0.1, 0.15) is 22.9 Å². The summed E-state index contributed by atoms with van der Waals surface area (Å²) in [6.07, 6.45) is -0.350. The number of rotatable bonds is 9. The number of benzene rings is 9. The van der Waals surface area contributed by atoms with Crippen LogP contribution in [0.3, 0.4) is 0 Å². The monoisotopic (exact) mass is 857 g/mol. The quantitative estimate of drug-likeness (QED) is 0.157. The van der Waals surface area contributed by atoms with Gasteiger partial charge in [-0.25, -0.2) is 14.5 Å². The third-order valence-electron chi connectivity index (χ3n) is 12.7. The average Bonchev–Trinajstić information content (AvgIpc) is 3.83. The fourth-order valence-corrected chi connectivity index (χ4v) is 9.48. The minimum absolute atomic E-state index is 0.350. The molecule has 11 aromatic rings. The van der Waals surface area contributed by atoms with E-state index in [0.29, 0.717) is 5.84 Å². The van der Waals surface area contributed by atoms with Gasteiger partial charge < -0.3 is 5.32 Å². The van der Waals surface area contributed by atoms with Crippen LogP contribution in [-0.4, -0.2) is 21.3 Å². The van der Waals surface area contributed by atoms with Crippen LogP contribution < -0.4 is 5.32 Å². The molecular weight excluding hydrogens is 815 g/mol. The maximum absolute atomic E-state index is 5.56. The molecule has 0 spiro atoms. The van der Waals surface area contributed by atoms with E-state index in [1.165, 1.54) is 0 Å². The zero-order valence-corrected chi connectivity index (χ0v) is 36.5. The summed E-state index contributed by atoms with van der Waals surface area (Å²) < 4.78 is 2.19. The Morgan fingerprint density at radius 2 is 0.806 bits per heavy atom. The van der Waals surface area contributed by atoms with Gasteiger partial charge in [-0.2, -0.15) is 5.10 Å². The van der Waals surface area contributed by atoms with Gasteiger partial charge in [-0.1, -0.05) is 231 Å². The summed E-state index contributed by atoms with van der Waals surface area (Å²) in [7, 11) is 0. The summed E-state index contributed by atoms with van der Waals surface area (Å²) in [5, 5.41) is 11.6. The van der Waals surface area contributed by atoms with E-state index in [0.717, 1.165) is 106 Å². The van der Waals surface area contributed by atoms with Crippen LogP contribution in [0.2, 0.25) is 0 Å². The summed E-state index contributed by atoms with van der Waals surface area (Å²) >= 11 is 0. The first-order valence-corrected chi connectivity index (χ1v) is 22.7. The molecule has 0 radical (unpaired) electrons. The maximum atomic E-state index is 5.56. The van der Waals surface area contributed by atoms with Gasteiger partial charge in [-0.05, 0) is 62.5 Å². The van der Waals surface area contributed by atoms with E-state index in [-0.39, 0.29) is 6.17 Å². The third kappa shape index (κ3) is 7.48. The Bertz CT molecular complexity index is 3550. The molecule has 1 atom stereocenters. The van der Waals surface area contributed by atoms with E-state index in [2.05, 4.69) is 252 Å². The van der Waals surface area contributed by atoms with Crippen molar-refractivity contribution in [3.05, 3.63) is 265 Å². The molecule has 67 heavy (non-hydrogen) atoms. The van der Waals surface area contributed by atoms with Crippen LogP contribution in [-0.2, 0) is 0 Å². The molecule has 0 fully saturated rings. The second kappa shape index (κ2) is 17.2. The number of nitrogens with zero attached hydrogens (tertiary/aromatic N) is 4. The van der Waals surface area contributed by atoms with Crippen molar-refractivity contribution in [3.63, 3.8) is 0 Å². The number of aromatic nitrogens is 2. The van der Waals surface area contributed by atoms with Gasteiger partial charge in [0, 0.05) is 38.8 Å². The Kier molecular flexibility index (Phi) is 10.2. The summed E-state index contributed by atoms with van der Waals surface area (Å²) in [5.74, 6) is 1.43. The van der Waals surface area contributed by atoms with Crippen LogP contribution in [0, 0.1) is 0 Å². The number of fused-ring (bicyclic) bond motifs is 3. The van der Waals surface area contributed by atoms with Gasteiger partial charge in [0.05, 0.1) is 11.2 Å². The molecule has 1 aliphatic heterocycles. The highest BCUT2D eigenvalue weighted by atomic mass is 15.2. The Labute approximate surface area is 389 Å². The molecule has 1 aliphatic rings. The van der Waals surface area contributed by atoms with E-state index in [1.807, 2.05) is 6.07 Å². The molecule has 1 N–H and O–H groups in total. The van der Waals surface area contributed by atoms with E-state index in [4.69, 9.17) is 15.1 Å². The lowest BCUT2D eigenvalue weighted by atomic mass is 9.91. The van der Waals surface area contributed by atoms with Crippen LogP contribution in [0.5, 0.6) is 0 Å². The minimum atomic E-state index is -0.350. The minimum Gasteiger partial charge on any atom is -0.344 e. The van der Waals surface area contributed by atoms with Gasteiger partial charge in [0.2, 0.25) is 0 Å². The highest BCUT2D eigenvalue weighted by Gasteiger charge is 2.26. The lowest BCUT2D eigenvalue weighted by Crippen LogP contribution is -2.33. The predicted octanol–water partition coefficient (Wildman–Crippen LogP) is 15.0. The number of aliphatic imine (C=N–C) groups is 2. The fourth-order valence-electron chi connectivity index (χ4n) is 9.48. The molecule has 0 aliphatic carbocycles. The molecule has 12 rings (SSSR count). The van der Waals surface area contributed by atoms with Gasteiger partial charge in [0.15, 0.2) is 5.84 Å². The van der Waals surface area contributed by atoms with E-state index < -0.39 is 0 Å². The summed E-state index contributed by atoms with van der Waals surface area (Å²) in [5.41, 5.74) is 17.1. The molecule has 0 bridgehead atoms. The average molecular weight is 858 g/mol. The maximum Gasteiger partial charge on any atom is 0.159 e. The molecule has 5 heteroatoms. The van der Waals surface area contributed by atoms with Crippen molar-refractivity contribution in [3.8, 4) is 67.0 Å². The standard InChI is InChI=1S/C62H43N5/c1-7-21-42(22-8-1)50-39-51(43-23-9-2-10-24-43)41-52(40-50)62-64-60(48-31-17-6-18-32-48)63-61(65-62)49-37-35-45(36-38-49)55-53-33-19-20-34-54(53)59-56(44-25-11-3-12-26-44)57(46-27-13-4-14-28-46)66-67(59)58(55)47-29-15-5-16-30-47/h1-41,60H,(H,63,64,65). The van der Waals surface area contributed by atoms with Crippen molar-refractivity contribution >= 4 is 28.0 Å². The highest BCUT2D eigenvalue weighted by Crippen LogP contribution is 2.46. The van der Waals surface area contributed by atoms with Gasteiger partial charge in [-0.15, -0.1) is 0 Å². The van der Waals surface area contributed by atoms with Crippen molar-refractivity contribution in [1.82, 2.24) is 14.9 Å². The Balaban J connectivity index is 1.04. The molecule has 2 aromatic heterocycles. The summed E-state index contributed by atoms with van der Waals surface area (Å²) in [6.45, 7) is 0. The van der Waals surface area contributed by atoms with E-state index >= 15 is 0 Å². The topological polar surface area (TPSA) is 54.0 Å². The van der Waals surface area contributed by atoms with Crippen LogP contribution >= 0.6 is 0 Å². The van der Waals surface area contributed by atoms with Crippen LogP contribution in [0.15, 0.2) is 259 Å². The van der Waals surface area contributed by atoms with Crippen molar-refractivity contribution in [1.29, 1.82) is 0 Å². The van der Waals surface area contributed by atoms with Gasteiger partial charge in [-0.3, -0.25) is 0 Å². The second-order valence-corrected chi connectivity index (χ2v) is 16.8. The first-order chi connectivity index (χ1) is 33.2. The molecule has 5 nitrogen and oxygen atoms in total. The SMILES string of the molecule is c1ccc(-c2cc(C3=NC(c4ccc(-c5c(-c6ccccc6)n6nc(-c7ccccc7)c(-c7ccccc7)c6c6ccccc56)cc4)=NC(c4ccccc4)N3)cc(-c3ccccc3)c2)cc1. The van der Waals surface area contributed by atoms with E-state index in [1.54, 1.807) is 0 Å². The zero-order chi connectivity index (χ0) is 44.5. The fraction of sp³-hybridized carbons (Fsp3) is 0.0161. The Morgan fingerprint density at radius 3 is 1.39 bits per heavy atom. The molecule has 1 unspecified atom stereocenters.